The third-order valence-corrected chi connectivity index (χ3v) is 3.27. The van der Waals surface area contributed by atoms with Crippen LogP contribution in [-0.4, -0.2) is 39.6 Å². The molecule has 0 amide bonds. The third-order valence-electron chi connectivity index (χ3n) is 3.27. The SMILES string of the molecule is CN(Cc1nccn1C)CC(C)(C#N)NC1CC1. The van der Waals surface area contributed by atoms with E-state index >= 15 is 0 Å². The molecule has 1 atom stereocenters. The summed E-state index contributed by atoms with van der Waals surface area (Å²) >= 11 is 0. The van der Waals surface area contributed by atoms with Gasteiger partial charge in [-0.3, -0.25) is 10.2 Å². The lowest BCUT2D eigenvalue weighted by Gasteiger charge is -2.28. The van der Waals surface area contributed by atoms with E-state index in [1.54, 1.807) is 6.20 Å². The summed E-state index contributed by atoms with van der Waals surface area (Å²) in [5, 5.41) is 12.7. The van der Waals surface area contributed by atoms with Gasteiger partial charge in [-0.05, 0) is 26.8 Å². The Hall–Kier alpha value is -1.38. The summed E-state index contributed by atoms with van der Waals surface area (Å²) < 4.78 is 2.01. The second-order valence-electron chi connectivity index (χ2n) is 5.49. The number of imidazole rings is 1. The van der Waals surface area contributed by atoms with Crippen molar-refractivity contribution < 1.29 is 0 Å². The molecule has 5 heteroatoms. The average molecular weight is 247 g/mol. The fourth-order valence-electron chi connectivity index (χ4n) is 2.18. The number of nitriles is 1. The van der Waals surface area contributed by atoms with Gasteiger partial charge < -0.3 is 4.57 Å². The predicted molar refractivity (Wildman–Crippen MR) is 69.7 cm³/mol. The number of nitrogens with zero attached hydrogens (tertiary/aromatic N) is 4. The topological polar surface area (TPSA) is 56.9 Å². The van der Waals surface area contributed by atoms with Crippen LogP contribution in [0.5, 0.6) is 0 Å². The van der Waals surface area contributed by atoms with Crippen molar-refractivity contribution in [3.8, 4) is 6.07 Å². The Bertz CT molecular complexity index is 442. The van der Waals surface area contributed by atoms with Crippen molar-refractivity contribution in [1.29, 1.82) is 5.26 Å². The zero-order chi connectivity index (χ0) is 13.2. The Kier molecular flexibility index (Phi) is 3.69. The number of aromatic nitrogens is 2. The van der Waals surface area contributed by atoms with Crippen LogP contribution in [0.15, 0.2) is 12.4 Å². The summed E-state index contributed by atoms with van der Waals surface area (Å²) in [4.78, 5) is 6.44. The number of aryl methyl sites for hydroxylation is 1. The molecule has 1 fully saturated rings. The molecule has 0 bridgehead atoms. The first-order valence-corrected chi connectivity index (χ1v) is 6.36. The van der Waals surface area contributed by atoms with Crippen LogP contribution in [-0.2, 0) is 13.6 Å². The molecular formula is C13H21N5. The van der Waals surface area contributed by atoms with E-state index in [4.69, 9.17) is 0 Å². The lowest BCUT2D eigenvalue weighted by molar-refractivity contribution is 0.245. The Morgan fingerprint density at radius 2 is 2.39 bits per heavy atom. The quantitative estimate of drug-likeness (QED) is 0.811. The van der Waals surface area contributed by atoms with Crippen molar-refractivity contribution in [2.75, 3.05) is 13.6 Å². The van der Waals surface area contributed by atoms with Gasteiger partial charge in [-0.25, -0.2) is 4.98 Å². The summed E-state index contributed by atoms with van der Waals surface area (Å²) in [7, 11) is 4.01. The van der Waals surface area contributed by atoms with Crippen LogP contribution in [0.2, 0.25) is 0 Å². The molecule has 2 rings (SSSR count). The van der Waals surface area contributed by atoms with Gasteiger partial charge in [0, 0.05) is 32.0 Å². The highest BCUT2D eigenvalue weighted by molar-refractivity contribution is 5.09. The first-order chi connectivity index (χ1) is 8.52. The molecule has 1 aromatic heterocycles. The van der Waals surface area contributed by atoms with Crippen molar-refractivity contribution >= 4 is 0 Å². The number of rotatable bonds is 6. The number of likely N-dealkylation sites (N-methyl/N-ethyl adjacent to an activating group) is 1. The van der Waals surface area contributed by atoms with Crippen LogP contribution in [0.4, 0.5) is 0 Å². The van der Waals surface area contributed by atoms with E-state index in [9.17, 15) is 5.26 Å². The summed E-state index contributed by atoms with van der Waals surface area (Å²) in [5.41, 5.74) is -0.471. The van der Waals surface area contributed by atoms with Crippen LogP contribution in [0.3, 0.4) is 0 Å². The minimum Gasteiger partial charge on any atom is -0.337 e. The minimum absolute atomic E-state index is 0.471. The molecule has 1 aliphatic rings. The lowest BCUT2D eigenvalue weighted by Crippen LogP contribution is -2.50. The zero-order valence-corrected chi connectivity index (χ0v) is 11.3. The van der Waals surface area contributed by atoms with Gasteiger partial charge in [0.05, 0.1) is 12.6 Å². The first kappa shape index (κ1) is 13.1. The minimum atomic E-state index is -0.471. The molecule has 0 radical (unpaired) electrons. The predicted octanol–water partition coefficient (Wildman–Crippen LogP) is 0.886. The number of hydrogen-bond donors (Lipinski definition) is 1. The van der Waals surface area contributed by atoms with Crippen molar-refractivity contribution in [2.45, 2.75) is 37.9 Å². The molecule has 18 heavy (non-hydrogen) atoms. The van der Waals surface area contributed by atoms with E-state index in [0.717, 1.165) is 12.4 Å². The number of hydrogen-bond acceptors (Lipinski definition) is 4. The highest BCUT2D eigenvalue weighted by Crippen LogP contribution is 2.22. The Balaban J connectivity index is 1.91. The molecule has 0 aromatic carbocycles. The molecule has 1 aromatic rings. The second-order valence-corrected chi connectivity index (χ2v) is 5.49. The summed E-state index contributed by atoms with van der Waals surface area (Å²) in [5.74, 6) is 1.02. The molecule has 98 valence electrons. The maximum absolute atomic E-state index is 9.33. The monoisotopic (exact) mass is 247 g/mol. The molecule has 1 aliphatic carbocycles. The summed E-state index contributed by atoms with van der Waals surface area (Å²) in [6.07, 6.45) is 6.13. The van der Waals surface area contributed by atoms with Crippen LogP contribution in [0.1, 0.15) is 25.6 Å². The van der Waals surface area contributed by atoms with E-state index in [-0.39, 0.29) is 0 Å². The third kappa shape index (κ3) is 3.31. The molecule has 1 heterocycles. The van der Waals surface area contributed by atoms with Crippen molar-refractivity contribution in [3.05, 3.63) is 18.2 Å². The maximum atomic E-state index is 9.33. The second kappa shape index (κ2) is 5.09. The van der Waals surface area contributed by atoms with Gasteiger partial charge in [-0.15, -0.1) is 0 Å². The van der Waals surface area contributed by atoms with Crippen LogP contribution in [0, 0.1) is 11.3 Å². The van der Waals surface area contributed by atoms with E-state index in [1.807, 2.05) is 31.8 Å². The van der Waals surface area contributed by atoms with Crippen LogP contribution >= 0.6 is 0 Å². The largest absolute Gasteiger partial charge is 0.337 e. The molecule has 1 saturated carbocycles. The van der Waals surface area contributed by atoms with E-state index in [0.29, 0.717) is 12.6 Å². The fourth-order valence-corrected chi connectivity index (χ4v) is 2.18. The zero-order valence-electron chi connectivity index (χ0n) is 11.3. The Morgan fingerprint density at radius 1 is 1.67 bits per heavy atom. The van der Waals surface area contributed by atoms with Gasteiger partial charge in [-0.2, -0.15) is 5.26 Å². The standard InChI is InChI=1S/C13H21N5/c1-13(9-14,16-11-4-5-11)10-17(2)8-12-15-6-7-18(12)3/h6-7,11,16H,4-5,8,10H2,1-3H3. The lowest BCUT2D eigenvalue weighted by atomic mass is 10.0. The van der Waals surface area contributed by atoms with E-state index in [2.05, 4.69) is 21.3 Å². The maximum Gasteiger partial charge on any atom is 0.122 e. The normalized spacial score (nSPS) is 18.6. The van der Waals surface area contributed by atoms with Gasteiger partial charge in [0.2, 0.25) is 0 Å². The molecule has 0 saturated heterocycles. The Morgan fingerprint density at radius 3 is 2.89 bits per heavy atom. The van der Waals surface area contributed by atoms with Crippen molar-refractivity contribution in [2.24, 2.45) is 7.05 Å². The fraction of sp³-hybridized carbons (Fsp3) is 0.692. The van der Waals surface area contributed by atoms with Gasteiger partial charge in [-0.1, -0.05) is 0 Å². The Labute approximate surface area is 108 Å². The molecule has 0 spiro atoms. The smallest absolute Gasteiger partial charge is 0.122 e. The van der Waals surface area contributed by atoms with Crippen molar-refractivity contribution in [3.63, 3.8) is 0 Å². The summed E-state index contributed by atoms with van der Waals surface area (Å²) in [6.45, 7) is 3.43. The average Bonchev–Trinajstić information content (AvgIpc) is 3.02. The van der Waals surface area contributed by atoms with Gasteiger partial charge in [0.1, 0.15) is 11.4 Å². The van der Waals surface area contributed by atoms with Crippen LogP contribution < -0.4 is 5.32 Å². The van der Waals surface area contributed by atoms with Crippen LogP contribution in [0.25, 0.3) is 0 Å². The van der Waals surface area contributed by atoms with Gasteiger partial charge in [0.15, 0.2) is 0 Å². The summed E-state index contributed by atoms with van der Waals surface area (Å²) in [6, 6.07) is 2.93. The van der Waals surface area contributed by atoms with Gasteiger partial charge in [0.25, 0.3) is 0 Å². The highest BCUT2D eigenvalue weighted by atomic mass is 15.2. The molecule has 1 N–H and O–H groups in total. The number of nitrogens with one attached hydrogen (secondary N) is 1. The van der Waals surface area contributed by atoms with E-state index < -0.39 is 5.54 Å². The molecular weight excluding hydrogens is 226 g/mol. The molecule has 0 aliphatic heterocycles. The molecule has 1 unspecified atom stereocenters. The highest BCUT2D eigenvalue weighted by Gasteiger charge is 2.33. The first-order valence-electron chi connectivity index (χ1n) is 6.36. The van der Waals surface area contributed by atoms with E-state index in [1.165, 1.54) is 12.8 Å². The van der Waals surface area contributed by atoms with Gasteiger partial charge >= 0.3 is 0 Å². The molecule has 5 nitrogen and oxygen atoms in total. The van der Waals surface area contributed by atoms with Crippen molar-refractivity contribution in [1.82, 2.24) is 19.8 Å².